The highest BCUT2D eigenvalue weighted by Crippen LogP contribution is 2.25. The van der Waals surface area contributed by atoms with Crippen molar-refractivity contribution in [2.75, 3.05) is 13.1 Å². The summed E-state index contributed by atoms with van der Waals surface area (Å²) in [7, 11) is 1.83. The molecule has 2 N–H and O–H groups in total. The first-order chi connectivity index (χ1) is 10.0. The number of amides is 1. The Balaban J connectivity index is 2.32. The largest absolute Gasteiger partial charge is 0.387 e. The van der Waals surface area contributed by atoms with Gasteiger partial charge in [-0.3, -0.25) is 9.48 Å². The van der Waals surface area contributed by atoms with Crippen LogP contribution < -0.4 is 5.73 Å². The molecule has 1 aromatic rings. The second-order valence-electron chi connectivity index (χ2n) is 5.31. The molecule has 6 nitrogen and oxygen atoms in total. The van der Waals surface area contributed by atoms with Gasteiger partial charge in [-0.05, 0) is 18.9 Å². The van der Waals surface area contributed by atoms with E-state index in [0.29, 0.717) is 23.5 Å². The van der Waals surface area contributed by atoms with E-state index in [1.807, 2.05) is 24.2 Å². The highest BCUT2D eigenvalue weighted by molar-refractivity contribution is 6.05. The van der Waals surface area contributed by atoms with Gasteiger partial charge >= 0.3 is 0 Å². The lowest BCUT2D eigenvalue weighted by atomic mass is 10.1. The van der Waals surface area contributed by atoms with Gasteiger partial charge in [-0.15, -0.1) is 0 Å². The smallest absolute Gasteiger partial charge is 0.250 e. The Morgan fingerprint density at radius 3 is 2.67 bits per heavy atom. The maximum absolute atomic E-state index is 12.7. The molecule has 1 aliphatic rings. The number of rotatable bonds is 5. The molecule has 0 unspecified atom stereocenters. The van der Waals surface area contributed by atoms with Gasteiger partial charge in [0.2, 0.25) is 5.91 Å². The Bertz CT molecular complexity index is 579. The monoisotopic (exact) mass is 289 g/mol. The summed E-state index contributed by atoms with van der Waals surface area (Å²) in [5.41, 5.74) is 8.02. The molecule has 0 bridgehead atoms. The molecule has 1 amide bonds. The van der Waals surface area contributed by atoms with Crippen molar-refractivity contribution in [3.8, 4) is 0 Å². The number of aromatic nitrogens is 2. The summed E-state index contributed by atoms with van der Waals surface area (Å²) in [6, 6.07) is 0. The number of hydrogen-bond acceptors (Lipinski definition) is 4. The third-order valence-corrected chi connectivity index (χ3v) is 3.33. The Labute approximate surface area is 125 Å². The summed E-state index contributed by atoms with van der Waals surface area (Å²) in [6.45, 7) is 5.67. The molecular formula is C15H23N5O. The third kappa shape index (κ3) is 3.51. The molecule has 21 heavy (non-hydrogen) atoms. The molecule has 0 radical (unpaired) electrons. The van der Waals surface area contributed by atoms with Crippen LogP contribution in [0.25, 0.3) is 6.08 Å². The lowest BCUT2D eigenvalue weighted by Gasteiger charge is -2.22. The molecule has 0 atom stereocenters. The van der Waals surface area contributed by atoms with E-state index in [4.69, 9.17) is 5.73 Å². The average Bonchev–Trinajstić information content (AvgIpc) is 2.68. The zero-order valence-corrected chi connectivity index (χ0v) is 13.0. The van der Waals surface area contributed by atoms with Gasteiger partial charge in [0, 0.05) is 32.1 Å². The van der Waals surface area contributed by atoms with Gasteiger partial charge in [-0.1, -0.05) is 13.8 Å². The Kier molecular flexibility index (Phi) is 4.77. The second-order valence-corrected chi connectivity index (χ2v) is 5.31. The SMILES string of the molecule is CCCN(CCC)C(=O)C1=Cc2nn(C)cc2N=C(N)C1. The minimum Gasteiger partial charge on any atom is -0.387 e. The highest BCUT2D eigenvalue weighted by atomic mass is 16.2. The minimum atomic E-state index is 0.0374. The maximum atomic E-state index is 12.7. The first-order valence-electron chi connectivity index (χ1n) is 7.41. The van der Waals surface area contributed by atoms with E-state index in [1.54, 1.807) is 4.68 Å². The zero-order chi connectivity index (χ0) is 15.4. The normalized spacial score (nSPS) is 14.0. The zero-order valence-electron chi connectivity index (χ0n) is 13.0. The number of carbonyl (C=O) groups excluding carboxylic acids is 1. The topological polar surface area (TPSA) is 76.5 Å². The van der Waals surface area contributed by atoms with Crippen LogP contribution in [0.5, 0.6) is 0 Å². The van der Waals surface area contributed by atoms with Crippen LogP contribution in [0.15, 0.2) is 16.8 Å². The number of nitrogens with zero attached hydrogens (tertiary/aromatic N) is 4. The first-order valence-corrected chi connectivity index (χ1v) is 7.41. The predicted octanol–water partition coefficient (Wildman–Crippen LogP) is 1.84. The molecule has 0 saturated carbocycles. The summed E-state index contributed by atoms with van der Waals surface area (Å²) in [5, 5.41) is 4.34. The molecule has 0 aromatic carbocycles. The van der Waals surface area contributed by atoms with E-state index in [0.717, 1.165) is 31.6 Å². The van der Waals surface area contributed by atoms with Crippen molar-refractivity contribution in [3.05, 3.63) is 17.5 Å². The number of aliphatic imine (C=N–C) groups is 1. The molecule has 1 aromatic heterocycles. The van der Waals surface area contributed by atoms with Crippen LogP contribution in [0.3, 0.4) is 0 Å². The molecule has 1 aliphatic heterocycles. The fourth-order valence-electron chi connectivity index (χ4n) is 2.48. The lowest BCUT2D eigenvalue weighted by molar-refractivity contribution is -0.127. The quantitative estimate of drug-likeness (QED) is 0.898. The van der Waals surface area contributed by atoms with E-state index in [9.17, 15) is 4.79 Å². The van der Waals surface area contributed by atoms with Crippen LogP contribution in [-0.4, -0.2) is 39.5 Å². The predicted molar refractivity (Wildman–Crippen MR) is 84.2 cm³/mol. The van der Waals surface area contributed by atoms with E-state index in [-0.39, 0.29) is 5.91 Å². The summed E-state index contributed by atoms with van der Waals surface area (Å²) >= 11 is 0. The van der Waals surface area contributed by atoms with Gasteiger partial charge in [0.25, 0.3) is 0 Å². The third-order valence-electron chi connectivity index (χ3n) is 3.33. The van der Waals surface area contributed by atoms with Gasteiger partial charge < -0.3 is 10.6 Å². The molecule has 0 spiro atoms. The van der Waals surface area contributed by atoms with Crippen molar-refractivity contribution in [1.82, 2.24) is 14.7 Å². The van der Waals surface area contributed by atoms with Gasteiger partial charge in [0.05, 0.1) is 6.20 Å². The number of hydrogen-bond donors (Lipinski definition) is 1. The summed E-state index contributed by atoms with van der Waals surface area (Å²) < 4.78 is 1.68. The maximum Gasteiger partial charge on any atom is 0.250 e. The number of amidine groups is 1. The van der Waals surface area contributed by atoms with Crippen LogP contribution in [0, 0.1) is 0 Å². The van der Waals surface area contributed by atoms with E-state index in [2.05, 4.69) is 23.9 Å². The highest BCUT2D eigenvalue weighted by Gasteiger charge is 2.21. The van der Waals surface area contributed by atoms with E-state index < -0.39 is 0 Å². The first kappa shape index (κ1) is 15.3. The van der Waals surface area contributed by atoms with Crippen LogP contribution in [-0.2, 0) is 11.8 Å². The van der Waals surface area contributed by atoms with Crippen LogP contribution >= 0.6 is 0 Å². The van der Waals surface area contributed by atoms with Gasteiger partial charge in [0.15, 0.2) is 0 Å². The minimum absolute atomic E-state index is 0.0374. The molecular weight excluding hydrogens is 266 g/mol. The molecule has 2 heterocycles. The Hall–Kier alpha value is -2.11. The van der Waals surface area contributed by atoms with Gasteiger partial charge in [-0.25, -0.2) is 4.99 Å². The van der Waals surface area contributed by atoms with Crippen LogP contribution in [0.1, 0.15) is 38.8 Å². The fourth-order valence-corrected chi connectivity index (χ4v) is 2.48. The van der Waals surface area contributed by atoms with Crippen molar-refractivity contribution in [1.29, 1.82) is 0 Å². The molecule has 0 saturated heterocycles. The molecule has 6 heteroatoms. The summed E-state index contributed by atoms with van der Waals surface area (Å²) in [6.07, 6.45) is 5.89. The molecule has 0 fully saturated rings. The number of fused-ring (bicyclic) bond motifs is 1. The number of nitrogens with two attached hydrogens (primary N) is 1. The second kappa shape index (κ2) is 6.56. The number of aryl methyl sites for hydroxylation is 1. The van der Waals surface area contributed by atoms with Crippen molar-refractivity contribution in [2.45, 2.75) is 33.1 Å². The fraction of sp³-hybridized carbons (Fsp3) is 0.533. The Morgan fingerprint density at radius 2 is 2.05 bits per heavy atom. The van der Waals surface area contributed by atoms with Crippen molar-refractivity contribution in [3.63, 3.8) is 0 Å². The van der Waals surface area contributed by atoms with E-state index in [1.165, 1.54) is 0 Å². The van der Waals surface area contributed by atoms with Crippen molar-refractivity contribution in [2.24, 2.45) is 17.8 Å². The van der Waals surface area contributed by atoms with Gasteiger partial charge in [0.1, 0.15) is 17.2 Å². The van der Waals surface area contributed by atoms with Crippen molar-refractivity contribution < 1.29 is 4.79 Å². The molecule has 2 rings (SSSR count). The summed E-state index contributed by atoms with van der Waals surface area (Å²) in [5.74, 6) is 0.490. The Morgan fingerprint density at radius 1 is 1.38 bits per heavy atom. The van der Waals surface area contributed by atoms with Gasteiger partial charge in [-0.2, -0.15) is 5.10 Å². The summed E-state index contributed by atoms with van der Waals surface area (Å²) in [4.78, 5) is 18.9. The molecule has 114 valence electrons. The van der Waals surface area contributed by atoms with Crippen LogP contribution in [0.4, 0.5) is 5.69 Å². The van der Waals surface area contributed by atoms with E-state index >= 15 is 0 Å². The van der Waals surface area contributed by atoms with Crippen molar-refractivity contribution >= 4 is 23.5 Å². The number of carbonyl (C=O) groups is 1. The average molecular weight is 289 g/mol. The molecule has 0 aliphatic carbocycles. The van der Waals surface area contributed by atoms with Crippen LogP contribution in [0.2, 0.25) is 0 Å². The lowest BCUT2D eigenvalue weighted by Crippen LogP contribution is -2.34. The standard InChI is InChI=1S/C15H23N5O/c1-4-6-20(7-5-2)15(21)11-8-12-13(10-19(3)18-12)17-14(16)9-11/h8,10H,4-7,9H2,1-3H3,(H2,16,17).